The number of nitrogens with one attached hydrogen (secondary N) is 1. The molecule has 0 aromatic carbocycles. The van der Waals surface area contributed by atoms with E-state index >= 15 is 0 Å². The number of nitrogens with zero attached hydrogens (tertiary/aromatic N) is 2. The predicted molar refractivity (Wildman–Crippen MR) is 59.6 cm³/mol. The van der Waals surface area contributed by atoms with Crippen molar-refractivity contribution in [2.75, 3.05) is 7.05 Å². The van der Waals surface area contributed by atoms with E-state index in [1.54, 1.807) is 7.05 Å². The van der Waals surface area contributed by atoms with Crippen LogP contribution in [0.5, 0.6) is 0 Å². The summed E-state index contributed by atoms with van der Waals surface area (Å²) in [7, 11) is 1.67. The van der Waals surface area contributed by atoms with E-state index in [1.807, 2.05) is 12.4 Å². The van der Waals surface area contributed by atoms with Crippen molar-refractivity contribution in [3.63, 3.8) is 0 Å². The van der Waals surface area contributed by atoms with Crippen molar-refractivity contribution < 1.29 is 4.79 Å². The van der Waals surface area contributed by atoms with Gasteiger partial charge < -0.3 is 9.88 Å². The molecule has 0 spiro atoms. The first-order valence-corrected chi connectivity index (χ1v) is 5.36. The quantitative estimate of drug-likeness (QED) is 0.799. The van der Waals surface area contributed by atoms with E-state index in [0.29, 0.717) is 12.3 Å². The summed E-state index contributed by atoms with van der Waals surface area (Å²) in [5.41, 5.74) is 0. The molecule has 0 aliphatic carbocycles. The maximum Gasteiger partial charge on any atom is 0.219 e. The highest BCUT2D eigenvalue weighted by Gasteiger charge is 2.06. The van der Waals surface area contributed by atoms with Crippen molar-refractivity contribution in [1.82, 2.24) is 14.9 Å². The van der Waals surface area contributed by atoms with Crippen molar-refractivity contribution in [2.24, 2.45) is 0 Å². The van der Waals surface area contributed by atoms with Gasteiger partial charge in [0.2, 0.25) is 5.91 Å². The number of hydrogen-bond donors (Lipinski definition) is 1. The van der Waals surface area contributed by atoms with Crippen LogP contribution >= 0.6 is 0 Å². The summed E-state index contributed by atoms with van der Waals surface area (Å²) in [5.74, 6) is 1.62. The van der Waals surface area contributed by atoms with E-state index < -0.39 is 0 Å². The molecular weight excluding hydrogens is 190 g/mol. The monoisotopic (exact) mass is 209 g/mol. The van der Waals surface area contributed by atoms with Gasteiger partial charge in [0.05, 0.1) is 0 Å². The van der Waals surface area contributed by atoms with Gasteiger partial charge in [-0.3, -0.25) is 4.79 Å². The van der Waals surface area contributed by atoms with Gasteiger partial charge >= 0.3 is 0 Å². The average molecular weight is 209 g/mol. The van der Waals surface area contributed by atoms with Gasteiger partial charge in [-0.1, -0.05) is 13.8 Å². The summed E-state index contributed by atoms with van der Waals surface area (Å²) < 4.78 is 2.12. The molecule has 0 saturated carbocycles. The van der Waals surface area contributed by atoms with Crippen LogP contribution in [-0.2, 0) is 11.3 Å². The Morgan fingerprint density at radius 2 is 2.33 bits per heavy atom. The third-order valence-electron chi connectivity index (χ3n) is 2.35. The van der Waals surface area contributed by atoms with Crippen LogP contribution in [0.15, 0.2) is 12.4 Å². The van der Waals surface area contributed by atoms with E-state index in [2.05, 4.69) is 28.7 Å². The summed E-state index contributed by atoms with van der Waals surface area (Å²) in [6, 6.07) is 0. The Morgan fingerprint density at radius 1 is 1.60 bits per heavy atom. The molecule has 4 nitrogen and oxygen atoms in total. The highest BCUT2D eigenvalue weighted by Crippen LogP contribution is 2.12. The third kappa shape index (κ3) is 3.38. The van der Waals surface area contributed by atoms with Crippen LogP contribution in [0.3, 0.4) is 0 Å². The molecule has 0 aliphatic rings. The maximum atomic E-state index is 11.0. The normalized spacial score (nSPS) is 10.7. The second-order valence-electron chi connectivity index (χ2n) is 3.91. The lowest BCUT2D eigenvalue weighted by molar-refractivity contribution is -0.120. The SMILES string of the molecule is CNC(=O)CCCn1ccnc1C(C)C. The van der Waals surface area contributed by atoms with Gasteiger partial charge in [0.1, 0.15) is 5.82 Å². The van der Waals surface area contributed by atoms with Gasteiger partial charge in [0.25, 0.3) is 0 Å². The van der Waals surface area contributed by atoms with Crippen molar-refractivity contribution in [2.45, 2.75) is 39.2 Å². The highest BCUT2D eigenvalue weighted by molar-refractivity contribution is 5.75. The fourth-order valence-corrected chi connectivity index (χ4v) is 1.55. The summed E-state index contributed by atoms with van der Waals surface area (Å²) in [5, 5.41) is 2.62. The fourth-order valence-electron chi connectivity index (χ4n) is 1.55. The molecule has 0 radical (unpaired) electrons. The minimum atomic E-state index is 0.0983. The standard InChI is InChI=1S/C11H19N3O/c1-9(2)11-13-6-8-14(11)7-4-5-10(15)12-3/h6,8-9H,4-5,7H2,1-3H3,(H,12,15). The molecule has 1 heterocycles. The highest BCUT2D eigenvalue weighted by atomic mass is 16.1. The molecule has 0 atom stereocenters. The second-order valence-corrected chi connectivity index (χ2v) is 3.91. The molecule has 1 amide bonds. The van der Waals surface area contributed by atoms with Crippen LogP contribution in [-0.4, -0.2) is 22.5 Å². The molecule has 0 bridgehead atoms. The van der Waals surface area contributed by atoms with Gasteiger partial charge in [-0.05, 0) is 6.42 Å². The Kier molecular flexibility index (Phi) is 4.34. The summed E-state index contributed by atoms with van der Waals surface area (Å²) in [6.45, 7) is 5.11. The van der Waals surface area contributed by atoms with Crippen molar-refractivity contribution >= 4 is 5.91 Å². The van der Waals surface area contributed by atoms with E-state index in [1.165, 1.54) is 0 Å². The molecule has 4 heteroatoms. The lowest BCUT2D eigenvalue weighted by Gasteiger charge is -2.09. The van der Waals surface area contributed by atoms with Crippen LogP contribution in [0.4, 0.5) is 0 Å². The van der Waals surface area contributed by atoms with E-state index in [0.717, 1.165) is 18.8 Å². The van der Waals surface area contributed by atoms with Gasteiger partial charge in [0, 0.05) is 38.3 Å². The van der Waals surface area contributed by atoms with Crippen LogP contribution in [0, 0.1) is 0 Å². The Bertz CT molecular complexity index is 317. The van der Waals surface area contributed by atoms with Crippen LogP contribution in [0.2, 0.25) is 0 Å². The Labute approximate surface area is 90.7 Å². The summed E-state index contributed by atoms with van der Waals surface area (Å²) in [4.78, 5) is 15.3. The van der Waals surface area contributed by atoms with Gasteiger partial charge in [0.15, 0.2) is 0 Å². The zero-order valence-corrected chi connectivity index (χ0v) is 9.66. The van der Waals surface area contributed by atoms with Crippen LogP contribution in [0.25, 0.3) is 0 Å². The van der Waals surface area contributed by atoms with Gasteiger partial charge in [-0.2, -0.15) is 0 Å². The summed E-state index contributed by atoms with van der Waals surface area (Å²) in [6.07, 6.45) is 5.22. The first-order chi connectivity index (χ1) is 7.15. The third-order valence-corrected chi connectivity index (χ3v) is 2.35. The molecule has 15 heavy (non-hydrogen) atoms. The topological polar surface area (TPSA) is 46.9 Å². The molecule has 0 unspecified atom stereocenters. The second kappa shape index (κ2) is 5.53. The first kappa shape index (κ1) is 11.8. The van der Waals surface area contributed by atoms with Crippen molar-refractivity contribution in [1.29, 1.82) is 0 Å². The van der Waals surface area contributed by atoms with E-state index in [9.17, 15) is 4.79 Å². The minimum absolute atomic E-state index is 0.0983. The molecule has 84 valence electrons. The number of carbonyl (C=O) groups excluding carboxylic acids is 1. The maximum absolute atomic E-state index is 11.0. The lowest BCUT2D eigenvalue weighted by Crippen LogP contribution is -2.18. The predicted octanol–water partition coefficient (Wildman–Crippen LogP) is 1.53. The van der Waals surface area contributed by atoms with Crippen LogP contribution in [0.1, 0.15) is 38.4 Å². The summed E-state index contributed by atoms with van der Waals surface area (Å²) >= 11 is 0. The number of carbonyl (C=O) groups is 1. The number of aromatic nitrogens is 2. The fraction of sp³-hybridized carbons (Fsp3) is 0.636. The van der Waals surface area contributed by atoms with Crippen molar-refractivity contribution in [3.05, 3.63) is 18.2 Å². The molecule has 1 N–H and O–H groups in total. The zero-order valence-electron chi connectivity index (χ0n) is 9.66. The zero-order chi connectivity index (χ0) is 11.3. The molecule has 1 aromatic rings. The molecular formula is C11H19N3O. The Balaban J connectivity index is 2.43. The Morgan fingerprint density at radius 3 is 2.93 bits per heavy atom. The number of hydrogen-bond acceptors (Lipinski definition) is 2. The number of aryl methyl sites for hydroxylation is 1. The van der Waals surface area contributed by atoms with Gasteiger partial charge in [-0.25, -0.2) is 4.98 Å². The van der Waals surface area contributed by atoms with Gasteiger partial charge in [-0.15, -0.1) is 0 Å². The first-order valence-electron chi connectivity index (χ1n) is 5.36. The lowest BCUT2D eigenvalue weighted by atomic mass is 10.2. The molecule has 0 aliphatic heterocycles. The van der Waals surface area contributed by atoms with Crippen molar-refractivity contribution in [3.8, 4) is 0 Å². The average Bonchev–Trinajstić information content (AvgIpc) is 2.65. The smallest absolute Gasteiger partial charge is 0.219 e. The van der Waals surface area contributed by atoms with E-state index in [4.69, 9.17) is 0 Å². The molecule has 0 saturated heterocycles. The number of imidazole rings is 1. The van der Waals surface area contributed by atoms with E-state index in [-0.39, 0.29) is 5.91 Å². The Hall–Kier alpha value is -1.32. The number of rotatable bonds is 5. The van der Waals surface area contributed by atoms with Crippen LogP contribution < -0.4 is 5.32 Å². The number of amides is 1. The largest absolute Gasteiger partial charge is 0.359 e. The molecule has 0 fully saturated rings. The minimum Gasteiger partial charge on any atom is -0.359 e. The molecule has 1 aromatic heterocycles. The molecule has 1 rings (SSSR count).